The third kappa shape index (κ3) is 8.36. The summed E-state index contributed by atoms with van der Waals surface area (Å²) in [6, 6.07) is 30.8. The average Bonchev–Trinajstić information content (AvgIpc) is 2.90. The summed E-state index contributed by atoms with van der Waals surface area (Å²) in [5.41, 5.74) is 6.44. The molecule has 7 heteroatoms. The topological polar surface area (TPSA) is 91.5 Å². The Morgan fingerprint density at radius 1 is 0.590 bits per heavy atom. The minimum absolute atomic E-state index is 0.0608. The molecule has 0 radical (unpaired) electrons. The number of nitrogens with one attached hydrogen (secondary N) is 4. The second-order valence-electron chi connectivity index (χ2n) is 10.3. The summed E-state index contributed by atoms with van der Waals surface area (Å²) in [5.74, 6) is 0.351. The van der Waals surface area contributed by atoms with E-state index in [1.807, 2.05) is 97.1 Å². The first-order valence-electron chi connectivity index (χ1n) is 12.8. The van der Waals surface area contributed by atoms with E-state index in [0.717, 1.165) is 28.4 Å². The number of anilines is 6. The van der Waals surface area contributed by atoms with Gasteiger partial charge in [-0.25, -0.2) is 0 Å². The molecule has 0 aromatic heterocycles. The van der Waals surface area contributed by atoms with Crippen LogP contribution < -0.4 is 26.0 Å². The van der Waals surface area contributed by atoms with Gasteiger partial charge in [-0.1, -0.05) is 32.9 Å². The van der Waals surface area contributed by atoms with Gasteiger partial charge in [0.05, 0.1) is 0 Å². The Kier molecular flexibility index (Phi) is 8.51. The largest absolute Gasteiger partial charge is 0.484 e. The molecule has 4 aromatic rings. The van der Waals surface area contributed by atoms with E-state index in [1.165, 1.54) is 12.5 Å². The van der Waals surface area contributed by atoms with Crippen molar-refractivity contribution in [2.45, 2.75) is 33.1 Å². The van der Waals surface area contributed by atoms with Gasteiger partial charge in [-0.2, -0.15) is 0 Å². The molecule has 0 unspecified atom stereocenters. The number of rotatable bonds is 9. The predicted molar refractivity (Wildman–Crippen MR) is 159 cm³/mol. The summed E-state index contributed by atoms with van der Waals surface area (Å²) in [7, 11) is 0. The van der Waals surface area contributed by atoms with Crippen molar-refractivity contribution >= 4 is 45.9 Å². The lowest BCUT2D eigenvalue weighted by atomic mass is 9.87. The molecule has 0 bridgehead atoms. The van der Waals surface area contributed by atoms with E-state index in [0.29, 0.717) is 11.4 Å². The molecule has 4 rings (SSSR count). The third-order valence-corrected chi connectivity index (χ3v) is 5.93. The standard InChI is InChI=1S/C32H34N4O3/c1-22(37)33-24-7-9-25(10-8-24)34-26-11-13-27(14-12-26)35-28-15-17-29(18-16-28)36-31(38)21-39-30-19-5-23(6-20-30)32(2,3)4/h5-20,34-35H,21H2,1-4H3,(H,33,37)(H,36,38). The fourth-order valence-electron chi connectivity index (χ4n) is 3.84. The van der Waals surface area contributed by atoms with Crippen LogP contribution in [0.15, 0.2) is 97.1 Å². The molecule has 0 fully saturated rings. The Labute approximate surface area is 229 Å². The first-order chi connectivity index (χ1) is 18.6. The molecule has 39 heavy (non-hydrogen) atoms. The van der Waals surface area contributed by atoms with Crippen LogP contribution in [0, 0.1) is 0 Å². The van der Waals surface area contributed by atoms with Gasteiger partial charge in [0, 0.05) is 41.0 Å². The van der Waals surface area contributed by atoms with Crippen LogP contribution in [0.1, 0.15) is 33.3 Å². The van der Waals surface area contributed by atoms with Gasteiger partial charge in [-0.3, -0.25) is 9.59 Å². The van der Waals surface area contributed by atoms with Crippen molar-refractivity contribution in [3.8, 4) is 5.75 Å². The van der Waals surface area contributed by atoms with Crippen molar-refractivity contribution in [2.75, 3.05) is 27.9 Å². The Balaban J connectivity index is 1.24. The van der Waals surface area contributed by atoms with Gasteiger partial charge in [-0.05, 0) is 95.9 Å². The number of hydrogen-bond acceptors (Lipinski definition) is 5. The van der Waals surface area contributed by atoms with E-state index >= 15 is 0 Å². The quantitative estimate of drug-likeness (QED) is 0.183. The maximum absolute atomic E-state index is 12.3. The molecule has 0 saturated heterocycles. The molecule has 0 saturated carbocycles. The van der Waals surface area contributed by atoms with Crippen LogP contribution in [0.4, 0.5) is 34.1 Å². The van der Waals surface area contributed by atoms with Gasteiger partial charge in [0.2, 0.25) is 5.91 Å². The highest BCUT2D eigenvalue weighted by Gasteiger charge is 2.13. The molecule has 4 N–H and O–H groups in total. The Morgan fingerprint density at radius 2 is 0.974 bits per heavy atom. The summed E-state index contributed by atoms with van der Waals surface area (Å²) in [6.45, 7) is 7.90. The average molecular weight is 523 g/mol. The lowest BCUT2D eigenvalue weighted by Crippen LogP contribution is -2.20. The Hall–Kier alpha value is -4.78. The van der Waals surface area contributed by atoms with Crippen molar-refractivity contribution in [3.63, 3.8) is 0 Å². The SMILES string of the molecule is CC(=O)Nc1ccc(Nc2ccc(Nc3ccc(NC(=O)COc4ccc(C(C)(C)C)cc4)cc3)cc2)cc1. The van der Waals surface area contributed by atoms with Gasteiger partial charge < -0.3 is 26.0 Å². The molecule has 2 amide bonds. The molecule has 0 aliphatic carbocycles. The van der Waals surface area contributed by atoms with Crippen molar-refractivity contribution in [1.82, 2.24) is 0 Å². The lowest BCUT2D eigenvalue weighted by Gasteiger charge is -2.19. The zero-order valence-corrected chi connectivity index (χ0v) is 22.7. The van der Waals surface area contributed by atoms with Crippen LogP contribution in [0.5, 0.6) is 5.75 Å². The zero-order valence-electron chi connectivity index (χ0n) is 22.7. The van der Waals surface area contributed by atoms with Crippen LogP contribution in [0.2, 0.25) is 0 Å². The maximum Gasteiger partial charge on any atom is 0.262 e. The number of hydrogen-bond donors (Lipinski definition) is 4. The molecule has 0 aliphatic rings. The van der Waals surface area contributed by atoms with Crippen molar-refractivity contribution in [2.24, 2.45) is 0 Å². The zero-order chi connectivity index (χ0) is 27.8. The van der Waals surface area contributed by atoms with E-state index in [2.05, 4.69) is 42.0 Å². The van der Waals surface area contributed by atoms with Crippen LogP contribution in [0.3, 0.4) is 0 Å². The molecular formula is C32H34N4O3. The van der Waals surface area contributed by atoms with E-state index in [9.17, 15) is 9.59 Å². The van der Waals surface area contributed by atoms with Crippen molar-refractivity contribution in [3.05, 3.63) is 103 Å². The molecule has 0 spiro atoms. The number of carbonyl (C=O) groups excluding carboxylic acids is 2. The lowest BCUT2D eigenvalue weighted by molar-refractivity contribution is -0.118. The van der Waals surface area contributed by atoms with Crippen molar-refractivity contribution in [1.29, 1.82) is 0 Å². The van der Waals surface area contributed by atoms with Gasteiger partial charge in [-0.15, -0.1) is 0 Å². The summed E-state index contributed by atoms with van der Waals surface area (Å²) >= 11 is 0. The normalized spacial score (nSPS) is 10.9. The first-order valence-corrected chi connectivity index (χ1v) is 12.8. The third-order valence-electron chi connectivity index (χ3n) is 5.93. The fourth-order valence-corrected chi connectivity index (χ4v) is 3.84. The van der Waals surface area contributed by atoms with E-state index < -0.39 is 0 Å². The van der Waals surface area contributed by atoms with Crippen molar-refractivity contribution < 1.29 is 14.3 Å². The highest BCUT2D eigenvalue weighted by molar-refractivity contribution is 5.92. The van der Waals surface area contributed by atoms with Crippen LogP contribution in [-0.4, -0.2) is 18.4 Å². The summed E-state index contributed by atoms with van der Waals surface area (Å²) in [6.07, 6.45) is 0. The Bertz CT molecular complexity index is 1390. The number of benzene rings is 4. The van der Waals surface area contributed by atoms with Crippen LogP contribution in [-0.2, 0) is 15.0 Å². The fraction of sp³-hybridized carbons (Fsp3) is 0.188. The van der Waals surface area contributed by atoms with Gasteiger partial charge in [0.1, 0.15) is 5.75 Å². The van der Waals surface area contributed by atoms with E-state index in [4.69, 9.17) is 4.74 Å². The summed E-state index contributed by atoms with van der Waals surface area (Å²) < 4.78 is 5.63. The second-order valence-corrected chi connectivity index (χ2v) is 10.3. The molecule has 0 aliphatic heterocycles. The van der Waals surface area contributed by atoms with Gasteiger partial charge >= 0.3 is 0 Å². The van der Waals surface area contributed by atoms with Crippen LogP contribution in [0.25, 0.3) is 0 Å². The van der Waals surface area contributed by atoms with E-state index in [-0.39, 0.29) is 23.8 Å². The van der Waals surface area contributed by atoms with Gasteiger partial charge in [0.15, 0.2) is 6.61 Å². The molecule has 4 aromatic carbocycles. The monoisotopic (exact) mass is 522 g/mol. The molecule has 0 atom stereocenters. The molecular weight excluding hydrogens is 488 g/mol. The summed E-state index contributed by atoms with van der Waals surface area (Å²) in [4.78, 5) is 23.5. The summed E-state index contributed by atoms with van der Waals surface area (Å²) in [5, 5.41) is 12.3. The number of carbonyl (C=O) groups is 2. The number of ether oxygens (including phenoxy) is 1. The smallest absolute Gasteiger partial charge is 0.262 e. The highest BCUT2D eigenvalue weighted by Crippen LogP contribution is 2.25. The minimum atomic E-state index is -0.219. The molecule has 0 heterocycles. The predicted octanol–water partition coefficient (Wildman–Crippen LogP) is 7.45. The maximum atomic E-state index is 12.3. The highest BCUT2D eigenvalue weighted by atomic mass is 16.5. The molecule has 200 valence electrons. The first kappa shape index (κ1) is 27.3. The van der Waals surface area contributed by atoms with Gasteiger partial charge in [0.25, 0.3) is 5.91 Å². The second kappa shape index (κ2) is 12.2. The minimum Gasteiger partial charge on any atom is -0.484 e. The Morgan fingerprint density at radius 3 is 1.36 bits per heavy atom. The number of amides is 2. The van der Waals surface area contributed by atoms with E-state index in [1.54, 1.807) is 0 Å². The molecule has 7 nitrogen and oxygen atoms in total. The van der Waals surface area contributed by atoms with Crippen LogP contribution >= 0.6 is 0 Å².